The van der Waals surface area contributed by atoms with Crippen LogP contribution in [0.3, 0.4) is 0 Å². The number of benzene rings is 3. The van der Waals surface area contributed by atoms with E-state index in [9.17, 15) is 14.4 Å². The third kappa shape index (κ3) is 7.54. The molecule has 0 bridgehead atoms. The van der Waals surface area contributed by atoms with Crippen LogP contribution in [-0.2, 0) is 14.3 Å². The minimum atomic E-state index is -0.681. The van der Waals surface area contributed by atoms with Gasteiger partial charge in [-0.15, -0.1) is 0 Å². The summed E-state index contributed by atoms with van der Waals surface area (Å²) >= 11 is 0. The van der Waals surface area contributed by atoms with Crippen LogP contribution >= 0.6 is 0 Å². The van der Waals surface area contributed by atoms with Gasteiger partial charge in [0, 0.05) is 36.0 Å². The molecule has 11 heteroatoms. The standard InChI is InChI=1S/C42H45N7O4/c1-26(2)37(47-42(52)53-4)41(51)49-23-8-12-35(49)38-43-25-34(46-38)31-19-16-28(17-20-31)14-15-29-18-21-32-33(24-29)45-39(44-32)36-13-9-22-48(36)40(50)27(3)30-10-6-5-7-11-30/h5-7,10-11,16-21,24-27,35-37H,8-9,12-13,22-23H2,1-4H3,(H,43,46)(H,44,45)(H,47,52)/t27-,35-,36-,37-/m0/s1. The fraction of sp³-hybridized carbons (Fsp3) is 0.357. The molecule has 3 N–H and O–H groups in total. The lowest BCUT2D eigenvalue weighted by atomic mass is 9.99. The maximum atomic E-state index is 13.5. The van der Waals surface area contributed by atoms with Crippen molar-refractivity contribution in [2.75, 3.05) is 20.2 Å². The van der Waals surface area contributed by atoms with Crippen molar-refractivity contribution in [3.63, 3.8) is 0 Å². The van der Waals surface area contributed by atoms with Crippen LogP contribution in [0.15, 0.2) is 79.0 Å². The van der Waals surface area contributed by atoms with Crippen molar-refractivity contribution in [2.45, 2.75) is 70.5 Å². The number of carbonyl (C=O) groups is 3. The first-order valence-corrected chi connectivity index (χ1v) is 18.4. The molecule has 4 heterocycles. The van der Waals surface area contributed by atoms with Gasteiger partial charge in [-0.1, -0.05) is 68.2 Å². The van der Waals surface area contributed by atoms with Gasteiger partial charge in [-0.25, -0.2) is 14.8 Å². The lowest BCUT2D eigenvalue weighted by Crippen LogP contribution is -2.51. The number of aromatic nitrogens is 4. The molecule has 11 nitrogen and oxygen atoms in total. The minimum Gasteiger partial charge on any atom is -0.453 e. The number of carbonyl (C=O) groups excluding carboxylic acids is 3. The van der Waals surface area contributed by atoms with E-state index in [1.165, 1.54) is 7.11 Å². The number of hydrogen-bond acceptors (Lipinski definition) is 6. The Hall–Kier alpha value is -5.89. The number of fused-ring (bicyclic) bond motifs is 1. The predicted octanol–water partition coefficient (Wildman–Crippen LogP) is 6.86. The number of H-pyrrole nitrogens is 2. The van der Waals surface area contributed by atoms with Crippen molar-refractivity contribution in [1.29, 1.82) is 0 Å². The zero-order chi connectivity index (χ0) is 37.1. The van der Waals surface area contributed by atoms with E-state index >= 15 is 0 Å². The van der Waals surface area contributed by atoms with E-state index in [2.05, 4.69) is 27.1 Å². The number of aromatic amines is 2. The van der Waals surface area contributed by atoms with Crippen LogP contribution in [-0.4, -0.2) is 73.9 Å². The number of rotatable bonds is 8. The lowest BCUT2D eigenvalue weighted by molar-refractivity contribution is -0.135. The molecule has 2 fully saturated rings. The summed E-state index contributed by atoms with van der Waals surface area (Å²) in [6.45, 7) is 7.11. The van der Waals surface area contributed by atoms with Gasteiger partial charge < -0.3 is 29.8 Å². The number of methoxy groups -OCH3 is 1. The van der Waals surface area contributed by atoms with Gasteiger partial charge in [0.05, 0.1) is 41.8 Å². The second-order valence-corrected chi connectivity index (χ2v) is 14.2. The monoisotopic (exact) mass is 711 g/mol. The highest BCUT2D eigenvalue weighted by Gasteiger charge is 2.38. The van der Waals surface area contributed by atoms with Gasteiger partial charge in [-0.05, 0) is 74.4 Å². The Morgan fingerprint density at radius 1 is 0.830 bits per heavy atom. The van der Waals surface area contributed by atoms with E-state index in [0.717, 1.165) is 82.9 Å². The number of hydrogen-bond donors (Lipinski definition) is 3. The van der Waals surface area contributed by atoms with Crippen LogP contribution in [0.1, 0.15) is 92.8 Å². The largest absolute Gasteiger partial charge is 0.453 e. The first kappa shape index (κ1) is 35.5. The molecule has 0 radical (unpaired) electrons. The van der Waals surface area contributed by atoms with Crippen LogP contribution in [0.2, 0.25) is 0 Å². The van der Waals surface area contributed by atoms with Gasteiger partial charge in [0.1, 0.15) is 17.7 Å². The van der Waals surface area contributed by atoms with E-state index in [4.69, 9.17) is 14.7 Å². The zero-order valence-electron chi connectivity index (χ0n) is 30.6. The quantitative estimate of drug-likeness (QED) is 0.151. The van der Waals surface area contributed by atoms with Crippen molar-refractivity contribution in [2.24, 2.45) is 5.92 Å². The first-order valence-electron chi connectivity index (χ1n) is 18.4. The molecule has 0 aliphatic carbocycles. The molecule has 5 aromatic rings. The molecule has 0 spiro atoms. The average molecular weight is 712 g/mol. The van der Waals surface area contributed by atoms with Crippen LogP contribution in [0.4, 0.5) is 4.79 Å². The Bertz CT molecular complexity index is 2160. The van der Waals surface area contributed by atoms with Gasteiger partial charge in [0.2, 0.25) is 11.8 Å². The predicted molar refractivity (Wildman–Crippen MR) is 202 cm³/mol. The van der Waals surface area contributed by atoms with E-state index in [0.29, 0.717) is 6.54 Å². The summed E-state index contributed by atoms with van der Waals surface area (Å²) in [6.07, 6.45) is 4.71. The number of alkyl carbamates (subject to hydrolysis) is 1. The Kier molecular flexibility index (Phi) is 10.3. The molecule has 2 aliphatic heterocycles. The smallest absolute Gasteiger partial charge is 0.407 e. The van der Waals surface area contributed by atoms with Crippen molar-refractivity contribution in [3.05, 3.63) is 107 Å². The summed E-state index contributed by atoms with van der Waals surface area (Å²) < 4.78 is 4.75. The van der Waals surface area contributed by atoms with E-state index < -0.39 is 12.1 Å². The summed E-state index contributed by atoms with van der Waals surface area (Å²) in [5.74, 6) is 7.77. The number of imidazole rings is 2. The van der Waals surface area contributed by atoms with E-state index in [1.807, 2.05) is 105 Å². The molecule has 2 aromatic heterocycles. The number of amides is 3. The van der Waals surface area contributed by atoms with Crippen molar-refractivity contribution >= 4 is 28.9 Å². The highest BCUT2D eigenvalue weighted by atomic mass is 16.5. The number of nitrogens with one attached hydrogen (secondary N) is 3. The molecular weight excluding hydrogens is 667 g/mol. The van der Waals surface area contributed by atoms with Gasteiger partial charge >= 0.3 is 6.09 Å². The second-order valence-electron chi connectivity index (χ2n) is 14.2. The van der Waals surface area contributed by atoms with Crippen LogP contribution in [0, 0.1) is 17.8 Å². The SMILES string of the molecule is COC(=O)N[C@H](C(=O)N1CCC[C@H]1c1nc(-c2ccc(C#Cc3ccc4[nH]c([C@@H]5CCCN5C(=O)[C@@H](C)c5ccccc5)nc4c3)cc2)c[nH]1)C(C)C. The molecule has 272 valence electrons. The second kappa shape index (κ2) is 15.4. The lowest BCUT2D eigenvalue weighted by Gasteiger charge is -2.29. The fourth-order valence-electron chi connectivity index (χ4n) is 7.43. The molecule has 2 aliphatic rings. The molecule has 2 saturated heterocycles. The van der Waals surface area contributed by atoms with Gasteiger partial charge in [-0.2, -0.15) is 0 Å². The highest BCUT2D eigenvalue weighted by Crippen LogP contribution is 2.35. The van der Waals surface area contributed by atoms with Crippen molar-refractivity contribution in [3.8, 4) is 23.1 Å². The Labute approximate surface area is 309 Å². The van der Waals surface area contributed by atoms with Gasteiger partial charge in [0.25, 0.3) is 0 Å². The molecule has 0 saturated carbocycles. The third-order valence-electron chi connectivity index (χ3n) is 10.4. The molecular formula is C42H45N7O4. The summed E-state index contributed by atoms with van der Waals surface area (Å²) in [5, 5.41) is 2.69. The Morgan fingerprint density at radius 2 is 1.49 bits per heavy atom. The van der Waals surface area contributed by atoms with Crippen molar-refractivity contribution in [1.82, 2.24) is 35.1 Å². The molecule has 0 unspecified atom stereocenters. The number of nitrogens with zero attached hydrogens (tertiary/aromatic N) is 4. The molecule has 3 aromatic carbocycles. The topological polar surface area (TPSA) is 136 Å². The maximum Gasteiger partial charge on any atom is 0.407 e. The Morgan fingerprint density at radius 3 is 2.19 bits per heavy atom. The summed E-state index contributed by atoms with van der Waals surface area (Å²) in [7, 11) is 1.29. The zero-order valence-corrected chi connectivity index (χ0v) is 30.6. The number of ether oxygens (including phenoxy) is 1. The molecule has 7 rings (SSSR count). The Balaban J connectivity index is 1.01. The van der Waals surface area contributed by atoms with E-state index in [-0.39, 0.29) is 35.7 Å². The van der Waals surface area contributed by atoms with Gasteiger partial charge in [-0.3, -0.25) is 9.59 Å². The fourth-order valence-corrected chi connectivity index (χ4v) is 7.43. The summed E-state index contributed by atoms with van der Waals surface area (Å²) in [5.41, 5.74) is 6.21. The highest BCUT2D eigenvalue weighted by molar-refractivity contribution is 5.86. The van der Waals surface area contributed by atoms with Crippen LogP contribution in [0.5, 0.6) is 0 Å². The van der Waals surface area contributed by atoms with E-state index in [1.54, 1.807) is 4.90 Å². The first-order chi connectivity index (χ1) is 25.7. The molecule has 4 atom stereocenters. The molecule has 53 heavy (non-hydrogen) atoms. The van der Waals surface area contributed by atoms with Crippen LogP contribution in [0.25, 0.3) is 22.3 Å². The number of likely N-dealkylation sites (tertiary alicyclic amines) is 2. The van der Waals surface area contributed by atoms with Crippen LogP contribution < -0.4 is 5.32 Å². The minimum absolute atomic E-state index is 0.0770. The third-order valence-corrected chi connectivity index (χ3v) is 10.4. The molecule has 3 amide bonds. The maximum absolute atomic E-state index is 13.5. The summed E-state index contributed by atoms with van der Waals surface area (Å²) in [4.78, 5) is 59.3. The van der Waals surface area contributed by atoms with Gasteiger partial charge in [0.15, 0.2) is 0 Å². The van der Waals surface area contributed by atoms with Crippen molar-refractivity contribution < 1.29 is 19.1 Å². The normalized spacial score (nSPS) is 18.1. The average Bonchev–Trinajstić information content (AvgIpc) is 4.01. The summed E-state index contributed by atoms with van der Waals surface area (Å²) in [6, 6.07) is 22.9.